The molecule has 0 unspecified atom stereocenters. The number of hydrogen-bond donors (Lipinski definition) is 0. The highest BCUT2D eigenvalue weighted by molar-refractivity contribution is 7.99. The fourth-order valence-corrected chi connectivity index (χ4v) is 4.54. The van der Waals surface area contributed by atoms with E-state index in [0.717, 1.165) is 45.2 Å². The molecule has 182 valence electrons. The van der Waals surface area contributed by atoms with Crippen LogP contribution in [0.1, 0.15) is 32.3 Å². The molecule has 0 fully saturated rings. The van der Waals surface area contributed by atoms with Gasteiger partial charge in [-0.25, -0.2) is 0 Å². The van der Waals surface area contributed by atoms with Crippen LogP contribution in [0.15, 0.2) is 78.0 Å². The summed E-state index contributed by atoms with van der Waals surface area (Å²) in [4.78, 5) is 0. The number of nitrogens with zero attached hydrogens (tertiary/aromatic N) is 3. The highest BCUT2D eigenvalue weighted by atomic mass is 32.2. The number of rotatable bonds is 11. The molecule has 0 radical (unpaired) electrons. The molecule has 4 aromatic rings. The third-order valence-corrected chi connectivity index (χ3v) is 6.39. The molecule has 0 atom stereocenters. The molecule has 6 nitrogen and oxygen atoms in total. The molecular weight excluding hydrogens is 458 g/mol. The van der Waals surface area contributed by atoms with Crippen LogP contribution in [0.4, 0.5) is 0 Å². The molecule has 0 aliphatic rings. The summed E-state index contributed by atoms with van der Waals surface area (Å²) in [6.45, 7) is 7.58. The number of ether oxygens (including phenoxy) is 3. The maximum absolute atomic E-state index is 5.94. The van der Waals surface area contributed by atoms with Gasteiger partial charge in [-0.15, -0.1) is 10.2 Å². The predicted molar refractivity (Wildman–Crippen MR) is 141 cm³/mol. The van der Waals surface area contributed by atoms with Crippen LogP contribution in [0.25, 0.3) is 17.1 Å². The summed E-state index contributed by atoms with van der Waals surface area (Å²) in [5, 5.41) is 9.97. The maximum atomic E-state index is 5.94. The first-order valence-electron chi connectivity index (χ1n) is 11.8. The van der Waals surface area contributed by atoms with Gasteiger partial charge < -0.3 is 14.2 Å². The standard InChI is InChI=1S/C28H31N3O3S/c1-5-33-23-14-16-24(17-15-23)34-18-19-35-28-30-29-27(21-10-12-22(32-4)13-11-21)31(28)26-9-7-6-8-25(26)20(2)3/h6-17,20H,5,18-19H2,1-4H3. The van der Waals surface area contributed by atoms with E-state index in [9.17, 15) is 0 Å². The Kier molecular flexibility index (Phi) is 8.32. The van der Waals surface area contributed by atoms with Gasteiger partial charge in [0.25, 0.3) is 0 Å². The summed E-state index contributed by atoms with van der Waals surface area (Å²) in [6, 6.07) is 24.1. The second-order valence-corrected chi connectivity index (χ2v) is 9.25. The van der Waals surface area contributed by atoms with E-state index in [1.54, 1.807) is 18.9 Å². The highest BCUT2D eigenvalue weighted by Gasteiger charge is 2.19. The number of methoxy groups -OCH3 is 1. The minimum Gasteiger partial charge on any atom is -0.497 e. The van der Waals surface area contributed by atoms with Gasteiger partial charge in [-0.1, -0.05) is 43.8 Å². The van der Waals surface area contributed by atoms with Gasteiger partial charge in [-0.05, 0) is 73.0 Å². The molecule has 0 amide bonds. The van der Waals surface area contributed by atoms with Crippen molar-refractivity contribution in [3.63, 3.8) is 0 Å². The van der Waals surface area contributed by atoms with Crippen molar-refractivity contribution >= 4 is 11.8 Å². The van der Waals surface area contributed by atoms with E-state index in [4.69, 9.17) is 14.2 Å². The summed E-state index contributed by atoms with van der Waals surface area (Å²) >= 11 is 1.63. The van der Waals surface area contributed by atoms with Crippen molar-refractivity contribution in [2.45, 2.75) is 31.8 Å². The zero-order chi connectivity index (χ0) is 24.6. The smallest absolute Gasteiger partial charge is 0.196 e. The number of aromatic nitrogens is 3. The van der Waals surface area contributed by atoms with Crippen LogP contribution in [-0.2, 0) is 0 Å². The zero-order valence-electron chi connectivity index (χ0n) is 20.6. The number of thioether (sulfide) groups is 1. The molecule has 3 aromatic carbocycles. The van der Waals surface area contributed by atoms with Crippen LogP contribution in [0.2, 0.25) is 0 Å². The summed E-state index contributed by atoms with van der Waals surface area (Å²) in [5.41, 5.74) is 3.32. The largest absolute Gasteiger partial charge is 0.497 e. The number of benzene rings is 3. The lowest BCUT2D eigenvalue weighted by atomic mass is 10.0. The maximum Gasteiger partial charge on any atom is 0.196 e. The first-order chi connectivity index (χ1) is 17.1. The van der Waals surface area contributed by atoms with Crippen molar-refractivity contribution in [1.29, 1.82) is 0 Å². The Morgan fingerprint density at radius 3 is 2.14 bits per heavy atom. The molecule has 0 saturated carbocycles. The SMILES string of the molecule is CCOc1ccc(OCCSc2nnc(-c3ccc(OC)cc3)n2-c2ccccc2C(C)C)cc1. The Bertz CT molecular complexity index is 1220. The summed E-state index contributed by atoms with van der Waals surface area (Å²) in [7, 11) is 1.67. The number of hydrogen-bond acceptors (Lipinski definition) is 6. The lowest BCUT2D eigenvalue weighted by Gasteiger charge is -2.17. The van der Waals surface area contributed by atoms with Gasteiger partial charge in [0.2, 0.25) is 0 Å². The third-order valence-electron chi connectivity index (χ3n) is 5.50. The second-order valence-electron chi connectivity index (χ2n) is 8.18. The van der Waals surface area contributed by atoms with Crippen LogP contribution in [0.5, 0.6) is 17.2 Å². The van der Waals surface area contributed by atoms with Crippen molar-refractivity contribution in [2.24, 2.45) is 0 Å². The van der Waals surface area contributed by atoms with Gasteiger partial charge in [0.15, 0.2) is 11.0 Å². The Labute approximate surface area is 211 Å². The van der Waals surface area contributed by atoms with Gasteiger partial charge in [-0.2, -0.15) is 0 Å². The van der Waals surface area contributed by atoms with E-state index >= 15 is 0 Å². The third kappa shape index (κ3) is 5.98. The van der Waals surface area contributed by atoms with Crippen LogP contribution in [-0.4, -0.2) is 40.8 Å². The summed E-state index contributed by atoms with van der Waals surface area (Å²) < 4.78 is 18.9. The van der Waals surface area contributed by atoms with Crippen molar-refractivity contribution in [2.75, 3.05) is 26.1 Å². The van der Waals surface area contributed by atoms with E-state index in [1.807, 2.05) is 55.5 Å². The van der Waals surface area contributed by atoms with Crippen molar-refractivity contribution in [1.82, 2.24) is 14.8 Å². The molecule has 0 aliphatic heterocycles. The van der Waals surface area contributed by atoms with E-state index in [2.05, 4.69) is 52.9 Å². The van der Waals surface area contributed by atoms with Crippen molar-refractivity contribution < 1.29 is 14.2 Å². The van der Waals surface area contributed by atoms with E-state index in [0.29, 0.717) is 19.1 Å². The molecule has 0 saturated heterocycles. The molecule has 1 aromatic heterocycles. The molecule has 0 N–H and O–H groups in total. The highest BCUT2D eigenvalue weighted by Crippen LogP contribution is 2.32. The fraction of sp³-hybridized carbons (Fsp3) is 0.286. The molecular formula is C28H31N3O3S. The Hall–Kier alpha value is -3.45. The Morgan fingerprint density at radius 1 is 0.829 bits per heavy atom. The van der Waals surface area contributed by atoms with E-state index < -0.39 is 0 Å². The van der Waals surface area contributed by atoms with Crippen LogP contribution >= 0.6 is 11.8 Å². The first-order valence-corrected chi connectivity index (χ1v) is 12.8. The quantitative estimate of drug-likeness (QED) is 0.174. The van der Waals surface area contributed by atoms with Gasteiger partial charge in [0, 0.05) is 11.3 Å². The lowest BCUT2D eigenvalue weighted by Crippen LogP contribution is -2.06. The monoisotopic (exact) mass is 489 g/mol. The summed E-state index contributed by atoms with van der Waals surface area (Å²) in [5.74, 6) is 4.37. The van der Waals surface area contributed by atoms with E-state index in [1.165, 1.54) is 5.56 Å². The van der Waals surface area contributed by atoms with Gasteiger partial charge in [-0.3, -0.25) is 4.57 Å². The van der Waals surface area contributed by atoms with Crippen LogP contribution in [0, 0.1) is 0 Å². The second kappa shape index (κ2) is 11.8. The molecule has 0 aliphatic carbocycles. The lowest BCUT2D eigenvalue weighted by molar-refractivity contribution is 0.332. The molecule has 35 heavy (non-hydrogen) atoms. The fourth-order valence-electron chi connectivity index (χ4n) is 3.78. The molecule has 0 bridgehead atoms. The van der Waals surface area contributed by atoms with E-state index in [-0.39, 0.29) is 0 Å². The Balaban J connectivity index is 1.56. The predicted octanol–water partition coefficient (Wildman–Crippen LogP) is 6.64. The average Bonchev–Trinajstić information content (AvgIpc) is 3.31. The minimum absolute atomic E-state index is 0.359. The van der Waals surface area contributed by atoms with Gasteiger partial charge in [0.1, 0.15) is 17.2 Å². The van der Waals surface area contributed by atoms with Crippen LogP contribution in [0.3, 0.4) is 0 Å². The van der Waals surface area contributed by atoms with Gasteiger partial charge >= 0.3 is 0 Å². The zero-order valence-corrected chi connectivity index (χ0v) is 21.4. The van der Waals surface area contributed by atoms with Crippen LogP contribution < -0.4 is 14.2 Å². The number of para-hydroxylation sites is 1. The van der Waals surface area contributed by atoms with Crippen molar-refractivity contribution in [3.05, 3.63) is 78.4 Å². The normalized spacial score (nSPS) is 11.0. The molecule has 7 heteroatoms. The Morgan fingerprint density at radius 2 is 1.49 bits per heavy atom. The minimum atomic E-state index is 0.359. The summed E-state index contributed by atoms with van der Waals surface area (Å²) in [6.07, 6.45) is 0. The van der Waals surface area contributed by atoms with Gasteiger partial charge in [0.05, 0.1) is 26.0 Å². The topological polar surface area (TPSA) is 58.4 Å². The molecule has 0 spiro atoms. The molecule has 1 heterocycles. The molecule has 4 rings (SSSR count). The average molecular weight is 490 g/mol. The first kappa shape index (κ1) is 24.7. The van der Waals surface area contributed by atoms with Crippen molar-refractivity contribution in [3.8, 4) is 34.3 Å².